The van der Waals surface area contributed by atoms with Gasteiger partial charge in [0.2, 0.25) is 15.8 Å². The lowest BCUT2D eigenvalue weighted by molar-refractivity contribution is -0.753. The maximum atomic E-state index is 6.18. The first kappa shape index (κ1) is 30.9. The molecule has 6 N–H and O–H groups in total. The van der Waals surface area contributed by atoms with Crippen LogP contribution in [-0.2, 0) is 19.6 Å². The molecule has 0 atom stereocenters. The monoisotopic (exact) mass is 561 g/mol. The highest BCUT2D eigenvalue weighted by molar-refractivity contribution is 5.81. The summed E-state index contributed by atoms with van der Waals surface area (Å²) in [5.41, 5.74) is 22.9. The first-order chi connectivity index (χ1) is 16.0. The highest BCUT2D eigenvalue weighted by Gasteiger charge is 2.32. The Kier molecular flexibility index (Phi) is 11.4. The van der Waals surface area contributed by atoms with Gasteiger partial charge in [0, 0.05) is 19.3 Å². The van der Waals surface area contributed by atoms with Crippen LogP contribution in [0.15, 0.2) is 31.8 Å². The quantitative estimate of drug-likeness (QED) is 0.168. The molecule has 36 heavy (non-hydrogen) atoms. The zero-order valence-electron chi connectivity index (χ0n) is 20.2. The van der Waals surface area contributed by atoms with Crippen molar-refractivity contribution < 1.29 is 64.8 Å². The standard InChI is InChI=1S/C21H30N9O3.3ClH/c1-4-7-28-16(19(22)31-25-28)13-10-14(17-20(23)32-26-29(17)8-5-2)12-15(11-13)18-21(24)33-27-30(18)9-6-3;;;/h10-12H,4-9,22-24H2,1-3H3;3*1H/q+3;;;/p-3. The molecule has 0 fully saturated rings. The fourth-order valence-electron chi connectivity index (χ4n) is 3.92. The average molecular weight is 563 g/mol. The minimum Gasteiger partial charge on any atom is -1.00 e. The van der Waals surface area contributed by atoms with E-state index in [-0.39, 0.29) is 54.9 Å². The number of nitrogens with zero attached hydrogens (tertiary/aromatic N) is 6. The van der Waals surface area contributed by atoms with Crippen LogP contribution < -0.4 is 68.5 Å². The lowest BCUT2D eigenvalue weighted by Gasteiger charge is -2.04. The number of benzene rings is 1. The topological polar surface area (TPSA) is 168 Å². The highest BCUT2D eigenvalue weighted by atomic mass is 35.5. The Hall–Kier alpha value is -3.09. The van der Waals surface area contributed by atoms with Crippen molar-refractivity contribution in [2.24, 2.45) is 0 Å². The van der Waals surface area contributed by atoms with Crippen LogP contribution in [0.5, 0.6) is 0 Å². The van der Waals surface area contributed by atoms with Crippen molar-refractivity contribution in [3.05, 3.63) is 18.2 Å². The van der Waals surface area contributed by atoms with Gasteiger partial charge < -0.3 is 54.4 Å². The Morgan fingerprint density at radius 3 is 1.03 bits per heavy atom. The van der Waals surface area contributed by atoms with E-state index in [0.29, 0.717) is 36.7 Å². The third-order valence-electron chi connectivity index (χ3n) is 5.25. The maximum absolute atomic E-state index is 6.18. The first-order valence-electron chi connectivity index (χ1n) is 11.1. The molecule has 0 unspecified atom stereocenters. The van der Waals surface area contributed by atoms with Crippen molar-refractivity contribution in [1.29, 1.82) is 0 Å². The van der Waals surface area contributed by atoms with Crippen molar-refractivity contribution >= 4 is 17.7 Å². The van der Waals surface area contributed by atoms with Gasteiger partial charge in [-0.25, -0.2) is 0 Å². The number of rotatable bonds is 9. The van der Waals surface area contributed by atoms with E-state index in [9.17, 15) is 0 Å². The van der Waals surface area contributed by atoms with E-state index in [1.165, 1.54) is 0 Å². The molecule has 0 bridgehead atoms. The molecule has 0 saturated carbocycles. The fraction of sp³-hybridized carbons (Fsp3) is 0.429. The SMILES string of the molecule is CCC[n+]1noc(N)c1-c1cc(-c2c(N)on[n+]2CCC)cc(-c2c(N)on[n+]2CCC)c1.[Cl-].[Cl-].[Cl-]. The predicted molar refractivity (Wildman–Crippen MR) is 118 cm³/mol. The molecule has 1 aromatic carbocycles. The number of halogens is 3. The molecule has 0 spiro atoms. The van der Waals surface area contributed by atoms with Crippen LogP contribution in [0.25, 0.3) is 33.8 Å². The molecule has 15 heteroatoms. The molecule has 0 saturated heterocycles. The third-order valence-corrected chi connectivity index (χ3v) is 5.25. The van der Waals surface area contributed by atoms with Crippen molar-refractivity contribution in [2.75, 3.05) is 17.2 Å². The van der Waals surface area contributed by atoms with Crippen LogP contribution in [0.2, 0.25) is 0 Å². The van der Waals surface area contributed by atoms with Crippen LogP contribution in [-0.4, -0.2) is 15.8 Å². The van der Waals surface area contributed by atoms with Gasteiger partial charge in [0.05, 0.1) is 16.7 Å². The summed E-state index contributed by atoms with van der Waals surface area (Å²) in [5.74, 6) is 0.642. The van der Waals surface area contributed by atoms with E-state index in [4.69, 9.17) is 30.8 Å². The van der Waals surface area contributed by atoms with Crippen LogP contribution in [0.1, 0.15) is 40.0 Å². The molecule has 0 aliphatic rings. The molecule has 0 aliphatic carbocycles. The molecule has 0 aliphatic heterocycles. The van der Waals surface area contributed by atoms with E-state index in [0.717, 1.165) is 36.0 Å². The van der Waals surface area contributed by atoms with Gasteiger partial charge in [-0.1, -0.05) is 20.8 Å². The second kappa shape index (κ2) is 13.3. The lowest BCUT2D eigenvalue weighted by atomic mass is 9.99. The van der Waals surface area contributed by atoms with Gasteiger partial charge in [-0.15, -0.1) is 0 Å². The number of hydrogen-bond donors (Lipinski definition) is 3. The largest absolute Gasteiger partial charge is 1.00 e. The number of aryl methyl sites for hydroxylation is 3. The smallest absolute Gasteiger partial charge is 0.304 e. The van der Waals surface area contributed by atoms with Crippen LogP contribution >= 0.6 is 0 Å². The summed E-state index contributed by atoms with van der Waals surface area (Å²) >= 11 is 0. The van der Waals surface area contributed by atoms with E-state index in [2.05, 4.69) is 36.6 Å². The van der Waals surface area contributed by atoms with Gasteiger partial charge in [-0.2, -0.15) is 0 Å². The van der Waals surface area contributed by atoms with Gasteiger partial charge in [-0.05, 0) is 32.2 Å². The van der Waals surface area contributed by atoms with Crippen molar-refractivity contribution in [3.63, 3.8) is 0 Å². The minimum absolute atomic E-state index is 0. The summed E-state index contributed by atoms with van der Waals surface area (Å²) in [5, 5.41) is 12.3. The number of aromatic nitrogens is 6. The average Bonchev–Trinajstić information content (AvgIpc) is 3.46. The molecular formula is C21H30Cl3N9O3. The van der Waals surface area contributed by atoms with Gasteiger partial charge >= 0.3 is 34.7 Å². The van der Waals surface area contributed by atoms with E-state index >= 15 is 0 Å². The molecular weight excluding hydrogens is 533 g/mol. The van der Waals surface area contributed by atoms with E-state index in [1.54, 1.807) is 14.0 Å². The molecule has 3 heterocycles. The Labute approximate surface area is 226 Å². The van der Waals surface area contributed by atoms with Gasteiger partial charge in [0.1, 0.15) is 0 Å². The zero-order chi connectivity index (χ0) is 23.5. The molecule has 12 nitrogen and oxygen atoms in total. The summed E-state index contributed by atoms with van der Waals surface area (Å²) < 4.78 is 21.1. The van der Waals surface area contributed by atoms with Gasteiger partial charge in [0.15, 0.2) is 19.6 Å². The third kappa shape index (κ3) is 5.82. The maximum Gasteiger partial charge on any atom is 0.304 e. The molecule has 198 valence electrons. The molecule has 0 amide bonds. The second-order valence-corrected chi connectivity index (χ2v) is 7.83. The fourth-order valence-corrected chi connectivity index (χ4v) is 3.92. The first-order valence-corrected chi connectivity index (χ1v) is 11.1. The van der Waals surface area contributed by atoms with Crippen LogP contribution in [0.4, 0.5) is 17.7 Å². The summed E-state index contributed by atoms with van der Waals surface area (Å²) in [7, 11) is 0. The van der Waals surface area contributed by atoms with Crippen LogP contribution in [0.3, 0.4) is 0 Å². The second-order valence-electron chi connectivity index (χ2n) is 7.83. The Morgan fingerprint density at radius 1 is 0.556 bits per heavy atom. The normalized spacial score (nSPS) is 10.4. The Bertz CT molecular complexity index is 1110. The van der Waals surface area contributed by atoms with E-state index < -0.39 is 0 Å². The van der Waals surface area contributed by atoms with Crippen molar-refractivity contribution in [2.45, 2.75) is 59.7 Å². The summed E-state index contributed by atoms with van der Waals surface area (Å²) in [6.07, 6.45) is 2.58. The van der Waals surface area contributed by atoms with Crippen molar-refractivity contribution in [1.82, 2.24) is 15.8 Å². The number of nitrogens with two attached hydrogens (primary N) is 3. The zero-order valence-corrected chi connectivity index (χ0v) is 22.5. The molecule has 4 rings (SSSR count). The Morgan fingerprint density at radius 2 is 0.806 bits per heavy atom. The molecule has 3 aromatic heterocycles. The highest BCUT2D eigenvalue weighted by Crippen LogP contribution is 2.35. The van der Waals surface area contributed by atoms with Gasteiger partial charge in [0.25, 0.3) is 0 Å². The lowest BCUT2D eigenvalue weighted by Crippen LogP contribution is -3.00. The molecule has 0 radical (unpaired) electrons. The number of anilines is 3. The summed E-state index contributed by atoms with van der Waals surface area (Å²) in [6.45, 7) is 8.10. The molecule has 4 aromatic rings. The van der Waals surface area contributed by atoms with Crippen LogP contribution in [0, 0.1) is 0 Å². The number of hydrogen-bond acceptors (Lipinski definition) is 9. The Balaban J connectivity index is 0.00000216. The summed E-state index contributed by atoms with van der Waals surface area (Å²) in [6, 6.07) is 5.88. The summed E-state index contributed by atoms with van der Waals surface area (Å²) in [4.78, 5) is 0. The van der Waals surface area contributed by atoms with E-state index in [1.807, 2.05) is 18.2 Å². The number of nitrogen functional groups attached to an aromatic ring is 3. The minimum atomic E-state index is 0. The van der Waals surface area contributed by atoms with Crippen molar-refractivity contribution in [3.8, 4) is 33.8 Å². The van der Waals surface area contributed by atoms with Gasteiger partial charge in [-0.3, -0.25) is 13.6 Å². The predicted octanol–water partition coefficient (Wildman–Crippen LogP) is -7.50.